The Morgan fingerprint density at radius 3 is 2.18 bits per heavy atom. The molecule has 0 spiro atoms. The second-order valence-corrected chi connectivity index (χ2v) is 4.88. The molecule has 0 bridgehead atoms. The van der Waals surface area contributed by atoms with Crippen molar-refractivity contribution in [1.82, 2.24) is 4.98 Å². The fourth-order valence-electron chi connectivity index (χ4n) is 2.25. The van der Waals surface area contributed by atoms with Crippen molar-refractivity contribution in [2.75, 3.05) is 0 Å². The van der Waals surface area contributed by atoms with Gasteiger partial charge in [-0.2, -0.15) is 13.2 Å². The minimum atomic E-state index is -4.62. The van der Waals surface area contributed by atoms with E-state index in [1.165, 1.54) is 0 Å². The smallest absolute Gasteiger partial charge is 0.432 e. The highest BCUT2D eigenvalue weighted by atomic mass is 19.4. The maximum atomic E-state index is 13.0. The third-order valence-corrected chi connectivity index (χ3v) is 3.31. The van der Waals surface area contributed by atoms with Crippen LogP contribution in [-0.4, -0.2) is 4.98 Å². The van der Waals surface area contributed by atoms with E-state index in [4.69, 9.17) is 4.42 Å². The van der Waals surface area contributed by atoms with E-state index in [1.54, 1.807) is 42.5 Å². The van der Waals surface area contributed by atoms with Crippen LogP contribution in [0, 0.1) is 6.92 Å². The molecular weight excluding hydrogens is 291 g/mol. The number of halogens is 3. The Labute approximate surface area is 125 Å². The molecule has 0 aliphatic carbocycles. The number of aryl methyl sites for hydroxylation is 1. The molecule has 2 aromatic carbocycles. The Kier molecular flexibility index (Phi) is 3.48. The average molecular weight is 303 g/mol. The van der Waals surface area contributed by atoms with Gasteiger partial charge < -0.3 is 4.42 Å². The number of benzene rings is 2. The van der Waals surface area contributed by atoms with Gasteiger partial charge in [0.25, 0.3) is 0 Å². The van der Waals surface area contributed by atoms with Crippen LogP contribution in [0.15, 0.2) is 59.0 Å². The maximum Gasteiger partial charge on any atom is 0.468 e. The van der Waals surface area contributed by atoms with Crippen LogP contribution >= 0.6 is 0 Å². The number of hydrogen-bond donors (Lipinski definition) is 0. The zero-order valence-corrected chi connectivity index (χ0v) is 11.7. The van der Waals surface area contributed by atoms with Gasteiger partial charge in [-0.05, 0) is 12.5 Å². The zero-order valence-electron chi connectivity index (χ0n) is 11.7. The average Bonchev–Trinajstić information content (AvgIpc) is 2.94. The summed E-state index contributed by atoms with van der Waals surface area (Å²) in [5.74, 6) is -1.10. The molecule has 3 aromatic rings. The maximum absolute atomic E-state index is 13.0. The van der Waals surface area contributed by atoms with Crippen molar-refractivity contribution in [1.29, 1.82) is 0 Å². The van der Waals surface area contributed by atoms with Crippen molar-refractivity contribution in [2.45, 2.75) is 13.1 Å². The standard InChI is InChI=1S/C17H12F3NO/c1-11-7-5-6-10-13(11)14-15(12-8-3-2-4-9-12)22-16(21-14)17(18,19)20/h2-10H,1H3. The molecule has 0 saturated heterocycles. The van der Waals surface area contributed by atoms with E-state index in [0.29, 0.717) is 11.1 Å². The Morgan fingerprint density at radius 1 is 0.909 bits per heavy atom. The van der Waals surface area contributed by atoms with Gasteiger partial charge in [-0.1, -0.05) is 54.6 Å². The molecule has 2 nitrogen and oxygen atoms in total. The van der Waals surface area contributed by atoms with Gasteiger partial charge in [0.2, 0.25) is 0 Å². The summed E-state index contributed by atoms with van der Waals surface area (Å²) in [4.78, 5) is 3.70. The van der Waals surface area contributed by atoms with Crippen LogP contribution in [-0.2, 0) is 6.18 Å². The summed E-state index contributed by atoms with van der Waals surface area (Å²) in [6, 6.07) is 15.8. The second kappa shape index (κ2) is 5.33. The quantitative estimate of drug-likeness (QED) is 0.639. The fourth-order valence-corrected chi connectivity index (χ4v) is 2.25. The van der Waals surface area contributed by atoms with Gasteiger partial charge in [0.15, 0.2) is 5.76 Å². The Balaban J connectivity index is 2.25. The van der Waals surface area contributed by atoms with Crippen LogP contribution in [0.4, 0.5) is 13.2 Å². The van der Waals surface area contributed by atoms with Gasteiger partial charge in [-0.15, -0.1) is 0 Å². The normalized spacial score (nSPS) is 11.6. The Morgan fingerprint density at radius 2 is 1.55 bits per heavy atom. The van der Waals surface area contributed by atoms with E-state index in [1.807, 2.05) is 19.1 Å². The molecule has 0 unspecified atom stereocenters. The molecule has 1 heterocycles. The minimum Gasteiger partial charge on any atom is -0.432 e. The summed E-state index contributed by atoms with van der Waals surface area (Å²) in [5.41, 5.74) is 2.22. The Bertz CT molecular complexity index is 791. The summed E-state index contributed by atoms with van der Waals surface area (Å²) < 4.78 is 43.9. The summed E-state index contributed by atoms with van der Waals surface area (Å²) in [6.07, 6.45) is -4.62. The number of oxazole rings is 1. The van der Waals surface area contributed by atoms with E-state index in [0.717, 1.165) is 5.56 Å². The number of hydrogen-bond acceptors (Lipinski definition) is 2. The topological polar surface area (TPSA) is 26.0 Å². The molecule has 0 radical (unpaired) electrons. The second-order valence-electron chi connectivity index (χ2n) is 4.88. The van der Waals surface area contributed by atoms with Gasteiger partial charge in [-0.25, -0.2) is 4.98 Å². The highest BCUT2D eigenvalue weighted by Crippen LogP contribution is 2.39. The first kappa shape index (κ1) is 14.4. The van der Waals surface area contributed by atoms with Gasteiger partial charge in [0.05, 0.1) is 0 Å². The lowest BCUT2D eigenvalue weighted by Crippen LogP contribution is -2.04. The molecule has 0 aliphatic rings. The predicted molar refractivity (Wildman–Crippen MR) is 77.1 cm³/mol. The van der Waals surface area contributed by atoms with Crippen molar-refractivity contribution in [3.63, 3.8) is 0 Å². The van der Waals surface area contributed by atoms with Crippen LogP contribution in [0.25, 0.3) is 22.6 Å². The SMILES string of the molecule is Cc1ccccc1-c1nc(C(F)(F)F)oc1-c1ccccc1. The lowest BCUT2D eigenvalue weighted by atomic mass is 10.0. The lowest BCUT2D eigenvalue weighted by Gasteiger charge is -2.04. The van der Waals surface area contributed by atoms with E-state index in [9.17, 15) is 13.2 Å². The van der Waals surface area contributed by atoms with Crippen molar-refractivity contribution in [3.8, 4) is 22.6 Å². The molecule has 0 amide bonds. The molecular formula is C17H12F3NO. The van der Waals surface area contributed by atoms with Crippen LogP contribution in [0.5, 0.6) is 0 Å². The third kappa shape index (κ3) is 2.62. The monoisotopic (exact) mass is 303 g/mol. The highest BCUT2D eigenvalue weighted by Gasteiger charge is 2.39. The molecule has 0 aliphatic heterocycles. The predicted octanol–water partition coefficient (Wildman–Crippen LogP) is 5.34. The Hall–Kier alpha value is -2.56. The van der Waals surface area contributed by atoms with E-state index >= 15 is 0 Å². The van der Waals surface area contributed by atoms with Crippen molar-refractivity contribution < 1.29 is 17.6 Å². The van der Waals surface area contributed by atoms with Gasteiger partial charge >= 0.3 is 12.1 Å². The number of rotatable bonds is 2. The third-order valence-electron chi connectivity index (χ3n) is 3.31. The van der Waals surface area contributed by atoms with E-state index in [-0.39, 0.29) is 11.5 Å². The largest absolute Gasteiger partial charge is 0.468 e. The molecule has 1 aromatic heterocycles. The van der Waals surface area contributed by atoms with Crippen molar-refractivity contribution in [3.05, 3.63) is 66.1 Å². The van der Waals surface area contributed by atoms with E-state index in [2.05, 4.69) is 4.98 Å². The molecule has 112 valence electrons. The molecule has 0 atom stereocenters. The van der Waals surface area contributed by atoms with Crippen LogP contribution in [0.3, 0.4) is 0 Å². The van der Waals surface area contributed by atoms with Crippen molar-refractivity contribution in [2.24, 2.45) is 0 Å². The minimum absolute atomic E-state index is 0.127. The molecule has 5 heteroatoms. The lowest BCUT2D eigenvalue weighted by molar-refractivity contribution is -0.156. The fraction of sp³-hybridized carbons (Fsp3) is 0.118. The summed E-state index contributed by atoms with van der Waals surface area (Å²) in [7, 11) is 0. The zero-order chi connectivity index (χ0) is 15.7. The van der Waals surface area contributed by atoms with Gasteiger partial charge in [0, 0.05) is 11.1 Å². The van der Waals surface area contributed by atoms with E-state index < -0.39 is 12.1 Å². The molecule has 3 rings (SSSR count). The molecule has 0 saturated carbocycles. The van der Waals surface area contributed by atoms with Gasteiger partial charge in [0.1, 0.15) is 5.69 Å². The summed E-state index contributed by atoms with van der Waals surface area (Å²) in [5, 5.41) is 0. The number of aromatic nitrogens is 1. The first-order chi connectivity index (χ1) is 10.5. The molecule has 0 fully saturated rings. The first-order valence-corrected chi connectivity index (χ1v) is 6.66. The number of nitrogens with zero attached hydrogens (tertiary/aromatic N) is 1. The highest BCUT2D eigenvalue weighted by molar-refractivity contribution is 5.78. The van der Waals surface area contributed by atoms with Crippen LogP contribution in [0.2, 0.25) is 0 Å². The molecule has 0 N–H and O–H groups in total. The van der Waals surface area contributed by atoms with Crippen molar-refractivity contribution >= 4 is 0 Å². The number of alkyl halides is 3. The summed E-state index contributed by atoms with van der Waals surface area (Å²) >= 11 is 0. The van der Waals surface area contributed by atoms with Crippen LogP contribution in [0.1, 0.15) is 11.5 Å². The summed E-state index contributed by atoms with van der Waals surface area (Å²) in [6.45, 7) is 1.83. The molecule has 22 heavy (non-hydrogen) atoms. The first-order valence-electron chi connectivity index (χ1n) is 6.66. The van der Waals surface area contributed by atoms with Gasteiger partial charge in [-0.3, -0.25) is 0 Å². The van der Waals surface area contributed by atoms with Crippen LogP contribution < -0.4 is 0 Å².